The summed E-state index contributed by atoms with van der Waals surface area (Å²) in [5, 5.41) is 0. The first kappa shape index (κ1) is 12.9. The van der Waals surface area contributed by atoms with Gasteiger partial charge in [-0.2, -0.15) is 0 Å². The maximum absolute atomic E-state index is 5.84. The molecule has 0 aliphatic carbocycles. The second-order valence-electron chi connectivity index (χ2n) is 4.84. The molecule has 6 nitrogen and oxygen atoms in total. The molecule has 1 aliphatic heterocycles. The third-order valence-corrected chi connectivity index (χ3v) is 3.22. The molecule has 0 aromatic carbocycles. The first-order chi connectivity index (χ1) is 9.72. The molecule has 1 unspecified atom stereocenters. The van der Waals surface area contributed by atoms with Crippen LogP contribution in [0.1, 0.15) is 23.3 Å². The second-order valence-corrected chi connectivity index (χ2v) is 4.84. The zero-order chi connectivity index (χ0) is 13.9. The summed E-state index contributed by atoms with van der Waals surface area (Å²) in [4.78, 5) is 19.5. The minimum Gasteiger partial charge on any atom is -0.368 e. The molecule has 0 amide bonds. The van der Waals surface area contributed by atoms with Crippen LogP contribution in [0.2, 0.25) is 0 Å². The average molecular weight is 271 g/mol. The van der Waals surface area contributed by atoms with Gasteiger partial charge in [-0.1, -0.05) is 0 Å². The van der Waals surface area contributed by atoms with Crippen molar-refractivity contribution in [2.75, 3.05) is 24.6 Å². The van der Waals surface area contributed by atoms with E-state index in [9.17, 15) is 0 Å². The Kier molecular flexibility index (Phi) is 3.56. The first-order valence-electron chi connectivity index (χ1n) is 6.68. The van der Waals surface area contributed by atoms with Crippen molar-refractivity contribution >= 4 is 5.95 Å². The summed E-state index contributed by atoms with van der Waals surface area (Å²) in [6.07, 6.45) is 3.45. The van der Waals surface area contributed by atoms with Crippen LogP contribution in [0.3, 0.4) is 0 Å². The quantitative estimate of drug-likeness (QED) is 0.824. The van der Waals surface area contributed by atoms with Crippen molar-refractivity contribution in [1.82, 2.24) is 19.9 Å². The van der Waals surface area contributed by atoms with Crippen molar-refractivity contribution < 1.29 is 4.74 Å². The van der Waals surface area contributed by atoms with Crippen LogP contribution in [0.5, 0.6) is 0 Å². The molecule has 0 spiro atoms. The van der Waals surface area contributed by atoms with Crippen molar-refractivity contribution in [3.63, 3.8) is 0 Å². The highest BCUT2D eigenvalue weighted by atomic mass is 16.5. The highest BCUT2D eigenvalue weighted by molar-refractivity contribution is 5.30. The van der Waals surface area contributed by atoms with Crippen molar-refractivity contribution in [2.45, 2.75) is 20.0 Å². The number of hydrogen-bond acceptors (Lipinski definition) is 6. The van der Waals surface area contributed by atoms with Crippen LogP contribution in [-0.2, 0) is 4.74 Å². The predicted octanol–water partition coefficient (Wildman–Crippen LogP) is 1.46. The van der Waals surface area contributed by atoms with Crippen LogP contribution in [0.15, 0.2) is 24.5 Å². The number of ether oxygens (including phenoxy) is 1. The van der Waals surface area contributed by atoms with Gasteiger partial charge < -0.3 is 9.64 Å². The molecular formula is C14H17N5O. The molecule has 0 radical (unpaired) electrons. The monoisotopic (exact) mass is 271 g/mol. The molecular weight excluding hydrogens is 254 g/mol. The molecule has 2 aromatic heterocycles. The summed E-state index contributed by atoms with van der Waals surface area (Å²) in [7, 11) is 0. The molecule has 3 heterocycles. The van der Waals surface area contributed by atoms with Gasteiger partial charge in [0.2, 0.25) is 5.95 Å². The highest BCUT2D eigenvalue weighted by Crippen LogP contribution is 2.23. The SMILES string of the molecule is Cc1cc(C2CN(c3ncccn3)CCO2)nc(C)n1. The van der Waals surface area contributed by atoms with E-state index in [1.807, 2.05) is 26.0 Å². The van der Waals surface area contributed by atoms with E-state index < -0.39 is 0 Å². The molecule has 6 heteroatoms. The smallest absolute Gasteiger partial charge is 0.225 e. The zero-order valence-corrected chi connectivity index (χ0v) is 11.7. The molecule has 0 saturated carbocycles. The number of nitrogens with zero attached hydrogens (tertiary/aromatic N) is 5. The van der Waals surface area contributed by atoms with E-state index in [1.165, 1.54) is 0 Å². The minimum absolute atomic E-state index is 0.0621. The van der Waals surface area contributed by atoms with Gasteiger partial charge in [-0.25, -0.2) is 19.9 Å². The molecule has 3 rings (SSSR count). The molecule has 104 valence electrons. The Bertz CT molecular complexity index is 569. The van der Waals surface area contributed by atoms with E-state index in [2.05, 4.69) is 24.8 Å². The molecule has 1 saturated heterocycles. The highest BCUT2D eigenvalue weighted by Gasteiger charge is 2.25. The van der Waals surface area contributed by atoms with Crippen molar-refractivity contribution in [3.05, 3.63) is 41.7 Å². The van der Waals surface area contributed by atoms with Gasteiger partial charge in [0.15, 0.2) is 0 Å². The number of rotatable bonds is 2. The number of aromatic nitrogens is 4. The van der Waals surface area contributed by atoms with Crippen molar-refractivity contribution in [2.24, 2.45) is 0 Å². The van der Waals surface area contributed by atoms with Crippen LogP contribution in [0.4, 0.5) is 5.95 Å². The lowest BCUT2D eigenvalue weighted by Crippen LogP contribution is -2.39. The standard InChI is InChI=1S/C14H17N5O/c1-10-8-12(18-11(2)17-10)13-9-19(6-7-20-13)14-15-4-3-5-16-14/h3-5,8,13H,6-7,9H2,1-2H3. The van der Waals surface area contributed by atoms with Gasteiger partial charge in [-0.3, -0.25) is 0 Å². The molecule has 1 aliphatic rings. The summed E-state index contributed by atoms with van der Waals surface area (Å²) in [6.45, 7) is 6.02. The Hall–Kier alpha value is -2.08. The maximum Gasteiger partial charge on any atom is 0.225 e. The van der Waals surface area contributed by atoms with Crippen LogP contribution in [-0.4, -0.2) is 39.6 Å². The average Bonchev–Trinajstić information content (AvgIpc) is 2.47. The largest absolute Gasteiger partial charge is 0.368 e. The Morgan fingerprint density at radius 2 is 2.00 bits per heavy atom. The lowest BCUT2D eigenvalue weighted by molar-refractivity contribution is 0.0362. The van der Waals surface area contributed by atoms with Crippen LogP contribution >= 0.6 is 0 Å². The fraction of sp³-hybridized carbons (Fsp3) is 0.429. The van der Waals surface area contributed by atoms with Crippen LogP contribution in [0, 0.1) is 13.8 Å². The third-order valence-electron chi connectivity index (χ3n) is 3.22. The minimum atomic E-state index is -0.0621. The summed E-state index contributed by atoms with van der Waals surface area (Å²) >= 11 is 0. The third kappa shape index (κ3) is 2.75. The van der Waals surface area contributed by atoms with Gasteiger partial charge in [0, 0.05) is 24.6 Å². The summed E-state index contributed by atoms with van der Waals surface area (Å²) in [6, 6.07) is 3.80. The molecule has 2 aromatic rings. The predicted molar refractivity (Wildman–Crippen MR) is 74.4 cm³/mol. The normalized spacial score (nSPS) is 19.1. The van der Waals surface area contributed by atoms with E-state index in [0.29, 0.717) is 13.2 Å². The van der Waals surface area contributed by atoms with E-state index in [4.69, 9.17) is 4.74 Å². The van der Waals surface area contributed by atoms with E-state index in [0.717, 1.165) is 29.7 Å². The second kappa shape index (κ2) is 5.50. The van der Waals surface area contributed by atoms with Gasteiger partial charge in [0.05, 0.1) is 18.8 Å². The molecule has 1 fully saturated rings. The molecule has 1 atom stereocenters. The Morgan fingerprint density at radius 1 is 1.20 bits per heavy atom. The van der Waals surface area contributed by atoms with E-state index >= 15 is 0 Å². The first-order valence-corrected chi connectivity index (χ1v) is 6.68. The fourth-order valence-corrected chi connectivity index (χ4v) is 2.37. The van der Waals surface area contributed by atoms with Gasteiger partial charge in [-0.15, -0.1) is 0 Å². The Balaban J connectivity index is 1.81. The van der Waals surface area contributed by atoms with E-state index in [1.54, 1.807) is 12.4 Å². The van der Waals surface area contributed by atoms with Crippen LogP contribution < -0.4 is 4.90 Å². The number of aryl methyl sites for hydroxylation is 2. The van der Waals surface area contributed by atoms with Gasteiger partial charge >= 0.3 is 0 Å². The molecule has 0 N–H and O–H groups in total. The number of morpholine rings is 1. The van der Waals surface area contributed by atoms with Crippen LogP contribution in [0.25, 0.3) is 0 Å². The summed E-state index contributed by atoms with van der Waals surface area (Å²) in [5.74, 6) is 1.51. The topological polar surface area (TPSA) is 64.0 Å². The van der Waals surface area contributed by atoms with Gasteiger partial charge in [-0.05, 0) is 26.0 Å². The Morgan fingerprint density at radius 3 is 2.75 bits per heavy atom. The summed E-state index contributed by atoms with van der Waals surface area (Å²) in [5.41, 5.74) is 1.89. The number of hydrogen-bond donors (Lipinski definition) is 0. The Labute approximate surface area is 117 Å². The lowest BCUT2D eigenvalue weighted by Gasteiger charge is -2.32. The number of anilines is 1. The molecule has 0 bridgehead atoms. The lowest BCUT2D eigenvalue weighted by atomic mass is 10.2. The van der Waals surface area contributed by atoms with Gasteiger partial charge in [0.1, 0.15) is 11.9 Å². The van der Waals surface area contributed by atoms with E-state index in [-0.39, 0.29) is 6.10 Å². The zero-order valence-electron chi connectivity index (χ0n) is 11.7. The van der Waals surface area contributed by atoms with Crippen molar-refractivity contribution in [1.29, 1.82) is 0 Å². The van der Waals surface area contributed by atoms with Crippen molar-refractivity contribution in [3.8, 4) is 0 Å². The molecule has 20 heavy (non-hydrogen) atoms. The maximum atomic E-state index is 5.84. The fourth-order valence-electron chi connectivity index (χ4n) is 2.37. The van der Waals surface area contributed by atoms with Gasteiger partial charge in [0.25, 0.3) is 0 Å². The summed E-state index contributed by atoms with van der Waals surface area (Å²) < 4.78 is 5.84.